The fourth-order valence-electron chi connectivity index (χ4n) is 1.68. The molecule has 2 aromatic rings. The van der Waals surface area contributed by atoms with Gasteiger partial charge in [0.2, 0.25) is 0 Å². The number of methoxy groups -OCH3 is 1. The zero-order chi connectivity index (χ0) is 14.4. The predicted molar refractivity (Wildman–Crippen MR) is 81.2 cm³/mol. The lowest BCUT2D eigenvalue weighted by Gasteiger charge is -2.14. The molecule has 1 aromatic carbocycles. The molecule has 0 radical (unpaired) electrons. The van der Waals surface area contributed by atoms with Crippen LogP contribution in [-0.2, 0) is 11.3 Å². The molecule has 108 valence electrons. The number of nitrogens with one attached hydrogen (secondary N) is 2. The first-order valence-corrected chi connectivity index (χ1v) is 7.25. The molecule has 0 spiro atoms. The normalized spacial score (nSPS) is 10.6. The van der Waals surface area contributed by atoms with E-state index in [9.17, 15) is 4.39 Å². The van der Waals surface area contributed by atoms with Gasteiger partial charge in [-0.05, 0) is 12.1 Å². The van der Waals surface area contributed by atoms with Gasteiger partial charge in [0, 0.05) is 24.7 Å². The molecule has 1 heterocycles. The highest BCUT2D eigenvalue weighted by molar-refractivity contribution is 7.15. The van der Waals surface area contributed by atoms with Crippen LogP contribution in [0.3, 0.4) is 0 Å². The molecular formula is C13H15ClFN3OS. The smallest absolute Gasteiger partial charge is 0.183 e. The lowest BCUT2D eigenvalue weighted by molar-refractivity contribution is 0.211. The number of hydrogen-bond donors (Lipinski definition) is 2. The lowest BCUT2D eigenvalue weighted by atomic mass is 10.2. The van der Waals surface area contributed by atoms with Crippen molar-refractivity contribution in [3.05, 3.63) is 39.6 Å². The van der Waals surface area contributed by atoms with E-state index in [-0.39, 0.29) is 5.82 Å². The quantitative estimate of drug-likeness (QED) is 0.766. The molecule has 7 heteroatoms. The Balaban J connectivity index is 2.04. The standard InChI is InChI=1S/C13H15ClFN3OS/c1-19-6-5-16-11-4-2-3-10(15)12(11)17-7-9-8-18-13(14)20-9/h2-4,8,16-17H,5-7H2,1H3. The van der Waals surface area contributed by atoms with E-state index in [1.54, 1.807) is 19.4 Å². The third kappa shape index (κ3) is 4.06. The first kappa shape index (κ1) is 15.0. The predicted octanol–water partition coefficient (Wildman–Crippen LogP) is 3.61. The molecule has 20 heavy (non-hydrogen) atoms. The number of para-hydroxylation sites is 1. The van der Waals surface area contributed by atoms with Gasteiger partial charge < -0.3 is 15.4 Å². The van der Waals surface area contributed by atoms with Crippen molar-refractivity contribution in [1.29, 1.82) is 0 Å². The van der Waals surface area contributed by atoms with Crippen molar-refractivity contribution in [3.8, 4) is 0 Å². The Hall–Kier alpha value is -1.37. The van der Waals surface area contributed by atoms with Gasteiger partial charge in [-0.2, -0.15) is 0 Å². The number of rotatable bonds is 7. The fourth-order valence-corrected chi connectivity index (χ4v) is 2.60. The van der Waals surface area contributed by atoms with Crippen molar-refractivity contribution in [2.75, 3.05) is 30.9 Å². The fraction of sp³-hybridized carbons (Fsp3) is 0.308. The summed E-state index contributed by atoms with van der Waals surface area (Å²) in [5, 5.41) is 6.20. The molecule has 2 N–H and O–H groups in total. The number of thiazole rings is 1. The second-order valence-electron chi connectivity index (χ2n) is 4.02. The summed E-state index contributed by atoms with van der Waals surface area (Å²) in [6.07, 6.45) is 1.68. The summed E-state index contributed by atoms with van der Waals surface area (Å²) in [4.78, 5) is 4.90. The van der Waals surface area contributed by atoms with Crippen LogP contribution in [0.4, 0.5) is 15.8 Å². The highest BCUT2D eigenvalue weighted by Crippen LogP contribution is 2.26. The summed E-state index contributed by atoms with van der Waals surface area (Å²) in [6, 6.07) is 4.91. The maximum absolute atomic E-state index is 13.9. The molecule has 0 bridgehead atoms. The second-order valence-corrected chi connectivity index (χ2v) is 5.71. The van der Waals surface area contributed by atoms with E-state index in [0.717, 1.165) is 4.88 Å². The minimum Gasteiger partial charge on any atom is -0.383 e. The summed E-state index contributed by atoms with van der Waals surface area (Å²) >= 11 is 7.14. The maximum Gasteiger partial charge on any atom is 0.183 e. The average Bonchev–Trinajstić information content (AvgIpc) is 2.84. The van der Waals surface area contributed by atoms with Crippen molar-refractivity contribution in [2.24, 2.45) is 0 Å². The first-order chi connectivity index (χ1) is 9.70. The average molecular weight is 316 g/mol. The lowest BCUT2D eigenvalue weighted by Crippen LogP contribution is -2.11. The number of benzene rings is 1. The second kappa shape index (κ2) is 7.42. The number of nitrogens with zero attached hydrogens (tertiary/aromatic N) is 1. The van der Waals surface area contributed by atoms with Gasteiger partial charge in [0.05, 0.1) is 24.5 Å². The largest absolute Gasteiger partial charge is 0.383 e. The van der Waals surface area contributed by atoms with E-state index in [1.165, 1.54) is 17.4 Å². The summed E-state index contributed by atoms with van der Waals surface area (Å²) in [7, 11) is 1.62. The first-order valence-electron chi connectivity index (χ1n) is 6.06. The molecule has 0 aliphatic heterocycles. The molecule has 4 nitrogen and oxygen atoms in total. The zero-order valence-corrected chi connectivity index (χ0v) is 12.5. The zero-order valence-electron chi connectivity index (χ0n) is 11.0. The molecule has 0 atom stereocenters. The molecule has 0 saturated carbocycles. The Bertz CT molecular complexity index is 564. The molecule has 0 amide bonds. The topological polar surface area (TPSA) is 46.2 Å². The van der Waals surface area contributed by atoms with Crippen molar-refractivity contribution >= 4 is 34.3 Å². The monoisotopic (exact) mass is 315 g/mol. The van der Waals surface area contributed by atoms with Crippen LogP contribution in [0.1, 0.15) is 4.88 Å². The number of ether oxygens (including phenoxy) is 1. The van der Waals surface area contributed by atoms with Crippen molar-refractivity contribution in [3.63, 3.8) is 0 Å². The molecule has 0 aliphatic rings. The van der Waals surface area contributed by atoms with Crippen LogP contribution in [0, 0.1) is 5.82 Å². The Kier molecular flexibility index (Phi) is 5.58. The van der Waals surface area contributed by atoms with Gasteiger partial charge in [-0.25, -0.2) is 9.37 Å². The van der Waals surface area contributed by atoms with Crippen LogP contribution in [0.2, 0.25) is 4.47 Å². The summed E-state index contributed by atoms with van der Waals surface area (Å²) in [5.74, 6) is -0.303. The number of anilines is 2. The van der Waals surface area contributed by atoms with E-state index < -0.39 is 0 Å². The molecule has 0 unspecified atom stereocenters. The van der Waals surface area contributed by atoms with Crippen molar-refractivity contribution in [1.82, 2.24) is 4.98 Å². The van der Waals surface area contributed by atoms with Crippen LogP contribution in [0.15, 0.2) is 24.4 Å². The van der Waals surface area contributed by atoms with Crippen LogP contribution in [0.25, 0.3) is 0 Å². The summed E-state index contributed by atoms with van der Waals surface area (Å²) in [5.41, 5.74) is 1.14. The van der Waals surface area contributed by atoms with Crippen molar-refractivity contribution in [2.45, 2.75) is 6.54 Å². The minimum absolute atomic E-state index is 0.303. The number of halogens is 2. The Morgan fingerprint density at radius 2 is 2.25 bits per heavy atom. The molecule has 0 fully saturated rings. The van der Waals surface area contributed by atoms with Gasteiger partial charge in [-0.1, -0.05) is 17.7 Å². The maximum atomic E-state index is 13.9. The Morgan fingerprint density at radius 3 is 2.95 bits per heavy atom. The molecule has 1 aromatic heterocycles. The van der Waals surface area contributed by atoms with Gasteiger partial charge in [-0.3, -0.25) is 0 Å². The van der Waals surface area contributed by atoms with Crippen LogP contribution in [-0.4, -0.2) is 25.2 Å². The van der Waals surface area contributed by atoms with Crippen LogP contribution in [0.5, 0.6) is 0 Å². The SMILES string of the molecule is COCCNc1cccc(F)c1NCc1cnc(Cl)s1. The molecule has 2 rings (SSSR count). The van der Waals surface area contributed by atoms with Crippen molar-refractivity contribution < 1.29 is 9.13 Å². The van der Waals surface area contributed by atoms with Gasteiger partial charge in [0.1, 0.15) is 5.82 Å². The molecule has 0 aliphatic carbocycles. The van der Waals surface area contributed by atoms with Crippen LogP contribution >= 0.6 is 22.9 Å². The minimum atomic E-state index is -0.303. The number of aromatic nitrogens is 1. The Labute approximate surface area is 125 Å². The van der Waals surface area contributed by atoms with E-state index in [4.69, 9.17) is 16.3 Å². The van der Waals surface area contributed by atoms with E-state index >= 15 is 0 Å². The van der Waals surface area contributed by atoms with Gasteiger partial charge in [-0.15, -0.1) is 11.3 Å². The molecular weight excluding hydrogens is 301 g/mol. The highest BCUT2D eigenvalue weighted by atomic mass is 35.5. The van der Waals surface area contributed by atoms with E-state index in [1.807, 2.05) is 6.07 Å². The van der Waals surface area contributed by atoms with Crippen LogP contribution < -0.4 is 10.6 Å². The summed E-state index contributed by atoms with van der Waals surface area (Å²) < 4.78 is 19.3. The van der Waals surface area contributed by atoms with Gasteiger partial charge >= 0.3 is 0 Å². The third-order valence-electron chi connectivity index (χ3n) is 2.60. The summed E-state index contributed by atoms with van der Waals surface area (Å²) in [6.45, 7) is 1.64. The Morgan fingerprint density at radius 1 is 1.40 bits per heavy atom. The van der Waals surface area contributed by atoms with E-state index in [0.29, 0.717) is 35.5 Å². The van der Waals surface area contributed by atoms with E-state index in [2.05, 4.69) is 15.6 Å². The third-order valence-corrected chi connectivity index (χ3v) is 3.71. The molecule has 0 saturated heterocycles. The van der Waals surface area contributed by atoms with Gasteiger partial charge in [0.25, 0.3) is 0 Å². The highest BCUT2D eigenvalue weighted by Gasteiger charge is 2.08. The number of hydrogen-bond acceptors (Lipinski definition) is 5. The van der Waals surface area contributed by atoms with Gasteiger partial charge in [0.15, 0.2) is 4.47 Å².